The van der Waals surface area contributed by atoms with E-state index in [9.17, 15) is 0 Å². The first-order valence-electron chi connectivity index (χ1n) is 7.77. The Morgan fingerprint density at radius 2 is 2.04 bits per heavy atom. The average molecular weight is 333 g/mol. The number of nitrogens with zero attached hydrogens (tertiary/aromatic N) is 2. The summed E-state index contributed by atoms with van der Waals surface area (Å²) in [5.41, 5.74) is 1.28. The maximum absolute atomic E-state index is 5.59. The first-order valence-corrected chi connectivity index (χ1v) is 8.55. The van der Waals surface area contributed by atoms with Crippen molar-refractivity contribution >= 4 is 16.7 Å². The normalized spacial score (nSPS) is 18.8. The maximum atomic E-state index is 5.59. The molecule has 23 heavy (non-hydrogen) atoms. The molecule has 3 heterocycles. The zero-order valence-electron chi connectivity index (χ0n) is 13.0. The molecule has 6 nitrogen and oxygen atoms in total. The van der Waals surface area contributed by atoms with Crippen LogP contribution in [0.5, 0.6) is 11.5 Å². The van der Waals surface area contributed by atoms with E-state index in [1.54, 1.807) is 0 Å². The summed E-state index contributed by atoms with van der Waals surface area (Å²) in [6.07, 6.45) is 1.94. The van der Waals surface area contributed by atoms with Crippen LogP contribution in [0.4, 0.5) is 5.13 Å². The lowest BCUT2D eigenvalue weighted by atomic mass is 9.74. The number of ether oxygens (including phenoxy) is 3. The van der Waals surface area contributed by atoms with Crippen LogP contribution in [0.2, 0.25) is 0 Å². The Kier molecular flexibility index (Phi) is 3.82. The monoisotopic (exact) mass is 333 g/mol. The summed E-state index contributed by atoms with van der Waals surface area (Å²) in [6, 6.07) is 6.26. The van der Waals surface area contributed by atoms with Crippen molar-refractivity contribution in [2.45, 2.75) is 25.2 Å². The fourth-order valence-corrected chi connectivity index (χ4v) is 3.74. The second-order valence-electron chi connectivity index (χ2n) is 5.96. The number of hydrogen-bond donors (Lipinski definition) is 1. The second kappa shape index (κ2) is 5.98. The van der Waals surface area contributed by atoms with Crippen LogP contribution in [0.15, 0.2) is 18.2 Å². The minimum atomic E-state index is 0.0127. The van der Waals surface area contributed by atoms with E-state index in [4.69, 9.17) is 14.2 Å². The molecule has 0 saturated carbocycles. The van der Waals surface area contributed by atoms with Crippen molar-refractivity contribution in [2.24, 2.45) is 0 Å². The van der Waals surface area contributed by atoms with E-state index in [0.29, 0.717) is 6.79 Å². The molecule has 0 amide bonds. The Morgan fingerprint density at radius 3 is 2.83 bits per heavy atom. The van der Waals surface area contributed by atoms with Crippen molar-refractivity contribution in [3.8, 4) is 11.5 Å². The number of aromatic nitrogens is 2. The van der Waals surface area contributed by atoms with Gasteiger partial charge in [0, 0.05) is 36.7 Å². The zero-order valence-corrected chi connectivity index (χ0v) is 13.8. The molecule has 0 unspecified atom stereocenters. The Labute approximate surface area is 139 Å². The summed E-state index contributed by atoms with van der Waals surface area (Å²) in [7, 11) is 0. The van der Waals surface area contributed by atoms with E-state index in [0.717, 1.165) is 55.1 Å². The molecule has 0 spiro atoms. The van der Waals surface area contributed by atoms with E-state index < -0.39 is 0 Å². The predicted octanol–water partition coefficient (Wildman–Crippen LogP) is 2.74. The van der Waals surface area contributed by atoms with Gasteiger partial charge in [-0.05, 0) is 37.5 Å². The van der Waals surface area contributed by atoms with Gasteiger partial charge in [0.25, 0.3) is 0 Å². The predicted molar refractivity (Wildman–Crippen MR) is 87.4 cm³/mol. The van der Waals surface area contributed by atoms with E-state index in [1.165, 1.54) is 17.1 Å². The van der Waals surface area contributed by atoms with Crippen LogP contribution in [0.1, 0.15) is 24.2 Å². The van der Waals surface area contributed by atoms with Crippen LogP contribution in [-0.2, 0) is 10.2 Å². The topological polar surface area (TPSA) is 65.5 Å². The van der Waals surface area contributed by atoms with Gasteiger partial charge < -0.3 is 19.5 Å². The summed E-state index contributed by atoms with van der Waals surface area (Å²) in [6.45, 7) is 4.56. The quantitative estimate of drug-likeness (QED) is 0.928. The second-order valence-corrected chi connectivity index (χ2v) is 6.71. The van der Waals surface area contributed by atoms with Crippen molar-refractivity contribution < 1.29 is 14.2 Å². The highest BCUT2D eigenvalue weighted by Crippen LogP contribution is 2.41. The molecule has 0 aliphatic carbocycles. The lowest BCUT2D eigenvalue weighted by Crippen LogP contribution is -2.40. The molecule has 0 atom stereocenters. The van der Waals surface area contributed by atoms with Crippen LogP contribution >= 0.6 is 11.5 Å². The molecule has 2 aliphatic rings. The molecule has 1 aromatic carbocycles. The molecule has 2 aromatic rings. The van der Waals surface area contributed by atoms with Gasteiger partial charge in [-0.3, -0.25) is 0 Å². The molecule has 7 heteroatoms. The Morgan fingerprint density at radius 1 is 1.22 bits per heavy atom. The van der Waals surface area contributed by atoms with Crippen LogP contribution in [0, 0.1) is 6.92 Å². The van der Waals surface area contributed by atoms with Gasteiger partial charge in [0.15, 0.2) is 11.5 Å². The first-order chi connectivity index (χ1) is 11.3. The fourth-order valence-electron chi connectivity index (χ4n) is 3.17. The van der Waals surface area contributed by atoms with Crippen molar-refractivity contribution in [1.29, 1.82) is 0 Å². The van der Waals surface area contributed by atoms with Crippen molar-refractivity contribution in [3.05, 3.63) is 29.6 Å². The Balaban J connectivity index is 1.60. The number of benzene rings is 1. The van der Waals surface area contributed by atoms with E-state index in [1.807, 2.05) is 13.0 Å². The Bertz CT molecular complexity index is 698. The molecule has 1 N–H and O–H groups in total. The zero-order chi connectivity index (χ0) is 15.7. The number of fused-ring (bicyclic) bond motifs is 1. The molecule has 2 aliphatic heterocycles. The van der Waals surface area contributed by atoms with Gasteiger partial charge in [-0.1, -0.05) is 6.07 Å². The number of anilines is 1. The molecule has 0 bridgehead atoms. The summed E-state index contributed by atoms with van der Waals surface area (Å²) < 4.78 is 20.8. The molecule has 1 saturated heterocycles. The van der Waals surface area contributed by atoms with Crippen molar-refractivity contribution in [2.75, 3.05) is 31.9 Å². The van der Waals surface area contributed by atoms with Crippen LogP contribution < -0.4 is 14.8 Å². The standard InChI is InChI=1S/C16H19N3O3S/c1-11-18-15(23-19-11)17-9-16(4-6-20-7-5-16)12-2-3-13-14(8-12)22-10-21-13/h2-3,8H,4-7,9-10H2,1H3,(H,17,18,19). The van der Waals surface area contributed by atoms with Crippen molar-refractivity contribution in [1.82, 2.24) is 9.36 Å². The minimum Gasteiger partial charge on any atom is -0.454 e. The number of aryl methyl sites for hydroxylation is 1. The number of nitrogens with one attached hydrogen (secondary N) is 1. The van der Waals surface area contributed by atoms with Gasteiger partial charge in [0.2, 0.25) is 11.9 Å². The third-order valence-electron chi connectivity index (χ3n) is 4.54. The molecule has 4 rings (SSSR count). The van der Waals surface area contributed by atoms with Gasteiger partial charge >= 0.3 is 0 Å². The highest BCUT2D eigenvalue weighted by atomic mass is 32.1. The van der Waals surface area contributed by atoms with E-state index >= 15 is 0 Å². The largest absolute Gasteiger partial charge is 0.454 e. The molecule has 122 valence electrons. The summed E-state index contributed by atoms with van der Waals surface area (Å²) >= 11 is 1.40. The van der Waals surface area contributed by atoms with Crippen LogP contribution in [-0.4, -0.2) is 35.9 Å². The number of hydrogen-bond acceptors (Lipinski definition) is 7. The van der Waals surface area contributed by atoms with Crippen LogP contribution in [0.25, 0.3) is 0 Å². The minimum absolute atomic E-state index is 0.0127. The van der Waals surface area contributed by atoms with Crippen LogP contribution in [0.3, 0.4) is 0 Å². The van der Waals surface area contributed by atoms with Gasteiger partial charge in [-0.15, -0.1) is 0 Å². The molecule has 0 radical (unpaired) electrons. The smallest absolute Gasteiger partial charge is 0.231 e. The maximum Gasteiger partial charge on any atom is 0.231 e. The SMILES string of the molecule is Cc1nsc(NCC2(c3ccc4c(c3)OCO4)CCOCC2)n1. The first kappa shape index (κ1) is 14.7. The molecular weight excluding hydrogens is 314 g/mol. The molecule has 1 aromatic heterocycles. The highest BCUT2D eigenvalue weighted by Gasteiger charge is 2.35. The van der Waals surface area contributed by atoms with E-state index in [-0.39, 0.29) is 5.41 Å². The summed E-state index contributed by atoms with van der Waals surface area (Å²) in [5, 5.41) is 4.33. The number of rotatable bonds is 4. The third kappa shape index (κ3) is 2.86. The Hall–Kier alpha value is -1.86. The molecule has 1 fully saturated rings. The summed E-state index contributed by atoms with van der Waals surface area (Å²) in [4.78, 5) is 4.40. The average Bonchev–Trinajstić information content (AvgIpc) is 3.21. The van der Waals surface area contributed by atoms with Crippen molar-refractivity contribution in [3.63, 3.8) is 0 Å². The van der Waals surface area contributed by atoms with Gasteiger partial charge in [0.05, 0.1) is 0 Å². The molecular formula is C16H19N3O3S. The lowest BCUT2D eigenvalue weighted by molar-refractivity contribution is 0.0543. The fraction of sp³-hybridized carbons (Fsp3) is 0.500. The summed E-state index contributed by atoms with van der Waals surface area (Å²) in [5.74, 6) is 2.46. The van der Waals surface area contributed by atoms with Gasteiger partial charge in [-0.25, -0.2) is 4.98 Å². The highest BCUT2D eigenvalue weighted by molar-refractivity contribution is 7.09. The third-order valence-corrected chi connectivity index (χ3v) is 5.30. The van der Waals surface area contributed by atoms with Gasteiger partial charge in [0.1, 0.15) is 5.82 Å². The van der Waals surface area contributed by atoms with Gasteiger partial charge in [-0.2, -0.15) is 4.37 Å². The van der Waals surface area contributed by atoms with E-state index in [2.05, 4.69) is 26.8 Å². The lowest BCUT2D eigenvalue weighted by Gasteiger charge is -2.38.